The smallest absolute Gasteiger partial charge is 0.409 e. The fraction of sp³-hybridized carbons (Fsp3) is 0.429. The maximum absolute atomic E-state index is 13.5. The summed E-state index contributed by atoms with van der Waals surface area (Å²) in [6.45, 7) is 0.878. The summed E-state index contributed by atoms with van der Waals surface area (Å²) in [4.78, 5) is 25.1. The molecule has 0 spiro atoms. The monoisotopic (exact) mass is 280 g/mol. The molecule has 1 aromatic rings. The number of amides is 2. The zero-order valence-electron chi connectivity index (χ0n) is 11.3. The average molecular weight is 280 g/mol. The molecule has 2 amide bonds. The van der Waals surface area contributed by atoms with E-state index in [0.717, 1.165) is 6.42 Å². The van der Waals surface area contributed by atoms with Gasteiger partial charge in [-0.1, -0.05) is 12.1 Å². The van der Waals surface area contributed by atoms with Crippen molar-refractivity contribution in [1.82, 2.24) is 4.90 Å². The van der Waals surface area contributed by atoms with E-state index in [0.29, 0.717) is 19.5 Å². The Hall–Kier alpha value is -2.11. The van der Waals surface area contributed by atoms with Gasteiger partial charge in [-0.2, -0.15) is 0 Å². The van der Waals surface area contributed by atoms with E-state index in [9.17, 15) is 14.0 Å². The first kappa shape index (κ1) is 14.3. The molecule has 0 aliphatic carbocycles. The van der Waals surface area contributed by atoms with E-state index in [1.165, 1.54) is 24.1 Å². The lowest BCUT2D eigenvalue weighted by Gasteiger charge is -2.30. The Bertz CT molecular complexity index is 507. The van der Waals surface area contributed by atoms with Gasteiger partial charge in [0.15, 0.2) is 0 Å². The highest BCUT2D eigenvalue weighted by atomic mass is 19.1. The van der Waals surface area contributed by atoms with E-state index < -0.39 is 11.9 Å². The minimum atomic E-state index is -0.471. The predicted molar refractivity (Wildman–Crippen MR) is 71.7 cm³/mol. The molecule has 20 heavy (non-hydrogen) atoms. The topological polar surface area (TPSA) is 58.6 Å². The molecule has 5 nitrogen and oxygen atoms in total. The third-order valence-corrected chi connectivity index (χ3v) is 3.36. The maximum Gasteiger partial charge on any atom is 0.409 e. The number of methoxy groups -OCH3 is 1. The van der Waals surface area contributed by atoms with Gasteiger partial charge in [-0.05, 0) is 25.0 Å². The predicted octanol–water partition coefficient (Wildman–Crippen LogP) is 2.24. The minimum Gasteiger partial charge on any atom is -0.453 e. The van der Waals surface area contributed by atoms with Gasteiger partial charge in [0, 0.05) is 13.1 Å². The number of carbonyl (C=O) groups is 2. The van der Waals surface area contributed by atoms with Crippen LogP contribution in [0.3, 0.4) is 0 Å². The molecule has 1 atom stereocenters. The highest BCUT2D eigenvalue weighted by Crippen LogP contribution is 2.20. The number of likely N-dealkylation sites (tertiary alicyclic amines) is 1. The summed E-state index contributed by atoms with van der Waals surface area (Å²) < 4.78 is 18.1. The zero-order valence-corrected chi connectivity index (χ0v) is 11.3. The van der Waals surface area contributed by atoms with Crippen LogP contribution >= 0.6 is 0 Å². The first-order valence-electron chi connectivity index (χ1n) is 6.50. The Balaban J connectivity index is 1.99. The van der Waals surface area contributed by atoms with Crippen LogP contribution in [0.15, 0.2) is 24.3 Å². The third kappa shape index (κ3) is 3.26. The van der Waals surface area contributed by atoms with E-state index in [1.54, 1.807) is 12.1 Å². The van der Waals surface area contributed by atoms with Crippen molar-refractivity contribution in [2.75, 3.05) is 25.5 Å². The van der Waals surface area contributed by atoms with Crippen molar-refractivity contribution in [2.24, 2.45) is 5.92 Å². The van der Waals surface area contributed by atoms with Gasteiger partial charge in [0.05, 0.1) is 18.7 Å². The molecule has 1 fully saturated rings. The summed E-state index contributed by atoms with van der Waals surface area (Å²) in [5.41, 5.74) is 0.160. The fourth-order valence-electron chi connectivity index (χ4n) is 2.28. The first-order chi connectivity index (χ1) is 9.61. The molecule has 0 aromatic heterocycles. The van der Waals surface area contributed by atoms with E-state index >= 15 is 0 Å². The third-order valence-electron chi connectivity index (χ3n) is 3.36. The first-order valence-corrected chi connectivity index (χ1v) is 6.50. The summed E-state index contributed by atoms with van der Waals surface area (Å²) in [6.07, 6.45) is 0.964. The highest BCUT2D eigenvalue weighted by molar-refractivity contribution is 5.93. The molecule has 0 saturated carbocycles. The van der Waals surface area contributed by atoms with Crippen LogP contribution in [-0.4, -0.2) is 37.1 Å². The van der Waals surface area contributed by atoms with Gasteiger partial charge in [-0.25, -0.2) is 9.18 Å². The van der Waals surface area contributed by atoms with Crippen molar-refractivity contribution in [3.05, 3.63) is 30.1 Å². The highest BCUT2D eigenvalue weighted by Gasteiger charge is 2.29. The van der Waals surface area contributed by atoms with Crippen molar-refractivity contribution in [2.45, 2.75) is 12.8 Å². The largest absolute Gasteiger partial charge is 0.453 e. The number of carbonyl (C=O) groups excluding carboxylic acids is 2. The van der Waals surface area contributed by atoms with Crippen LogP contribution in [0.25, 0.3) is 0 Å². The normalized spacial score (nSPS) is 18.5. The van der Waals surface area contributed by atoms with Crippen molar-refractivity contribution in [3.63, 3.8) is 0 Å². The Kier molecular flexibility index (Phi) is 4.55. The lowest BCUT2D eigenvalue weighted by Crippen LogP contribution is -2.43. The Morgan fingerprint density at radius 3 is 2.85 bits per heavy atom. The fourth-order valence-corrected chi connectivity index (χ4v) is 2.28. The van der Waals surface area contributed by atoms with Crippen molar-refractivity contribution in [1.29, 1.82) is 0 Å². The molecule has 1 aromatic carbocycles. The molecular formula is C14H17FN2O3. The summed E-state index contributed by atoms with van der Waals surface area (Å²) in [6, 6.07) is 6.01. The van der Waals surface area contributed by atoms with Gasteiger partial charge in [0.25, 0.3) is 0 Å². The minimum absolute atomic E-state index is 0.160. The number of nitrogens with one attached hydrogen (secondary N) is 1. The van der Waals surface area contributed by atoms with Gasteiger partial charge >= 0.3 is 6.09 Å². The van der Waals surface area contributed by atoms with Gasteiger partial charge in [0.2, 0.25) is 5.91 Å². The summed E-state index contributed by atoms with van der Waals surface area (Å²) >= 11 is 0. The van der Waals surface area contributed by atoms with Gasteiger partial charge in [0.1, 0.15) is 5.82 Å². The van der Waals surface area contributed by atoms with Crippen LogP contribution in [0.5, 0.6) is 0 Å². The molecule has 6 heteroatoms. The van der Waals surface area contributed by atoms with Crippen LogP contribution < -0.4 is 5.32 Å². The van der Waals surface area contributed by atoms with Gasteiger partial charge in [-0.15, -0.1) is 0 Å². The van der Waals surface area contributed by atoms with E-state index in [1.807, 2.05) is 0 Å². The van der Waals surface area contributed by atoms with Crippen molar-refractivity contribution >= 4 is 17.7 Å². The van der Waals surface area contributed by atoms with Crippen molar-refractivity contribution in [3.8, 4) is 0 Å². The second kappa shape index (κ2) is 6.36. The number of hydrogen-bond acceptors (Lipinski definition) is 3. The number of para-hydroxylation sites is 1. The Morgan fingerprint density at radius 2 is 2.15 bits per heavy atom. The molecule has 0 radical (unpaired) electrons. The molecule has 1 heterocycles. The van der Waals surface area contributed by atoms with Gasteiger partial charge in [-0.3, -0.25) is 4.79 Å². The van der Waals surface area contributed by atoms with Crippen LogP contribution in [-0.2, 0) is 9.53 Å². The molecule has 0 bridgehead atoms. The number of benzene rings is 1. The lowest BCUT2D eigenvalue weighted by atomic mass is 9.97. The molecule has 2 rings (SSSR count). The van der Waals surface area contributed by atoms with E-state index in [2.05, 4.69) is 10.1 Å². The zero-order chi connectivity index (χ0) is 14.5. The Labute approximate surface area is 116 Å². The van der Waals surface area contributed by atoms with Crippen LogP contribution in [0.1, 0.15) is 12.8 Å². The maximum atomic E-state index is 13.5. The molecule has 108 valence electrons. The van der Waals surface area contributed by atoms with Crippen LogP contribution in [0, 0.1) is 11.7 Å². The SMILES string of the molecule is COC(=O)N1CCCC(C(=O)Nc2ccccc2F)C1. The van der Waals surface area contributed by atoms with E-state index in [-0.39, 0.29) is 17.5 Å². The number of hydrogen-bond donors (Lipinski definition) is 1. The number of nitrogens with zero attached hydrogens (tertiary/aromatic N) is 1. The lowest BCUT2D eigenvalue weighted by molar-refractivity contribution is -0.121. The standard InChI is InChI=1S/C14H17FN2O3/c1-20-14(19)17-8-4-5-10(9-17)13(18)16-12-7-3-2-6-11(12)15/h2-3,6-7,10H,4-5,8-9H2,1H3,(H,16,18). The average Bonchev–Trinajstić information content (AvgIpc) is 2.49. The van der Waals surface area contributed by atoms with Gasteiger partial charge < -0.3 is 15.0 Å². The summed E-state index contributed by atoms with van der Waals surface area (Å²) in [7, 11) is 1.31. The molecular weight excluding hydrogens is 263 g/mol. The van der Waals surface area contributed by atoms with E-state index in [4.69, 9.17) is 0 Å². The number of piperidine rings is 1. The number of halogens is 1. The van der Waals surface area contributed by atoms with Crippen LogP contribution in [0.2, 0.25) is 0 Å². The summed E-state index contributed by atoms with van der Waals surface area (Å²) in [5, 5.41) is 2.56. The molecule has 1 aliphatic heterocycles. The molecule has 1 saturated heterocycles. The second-order valence-electron chi connectivity index (χ2n) is 4.72. The molecule has 1 N–H and O–H groups in total. The number of rotatable bonds is 2. The quantitative estimate of drug-likeness (QED) is 0.904. The molecule has 1 unspecified atom stereocenters. The molecule has 1 aliphatic rings. The number of anilines is 1. The number of ether oxygens (including phenoxy) is 1. The Morgan fingerprint density at radius 1 is 1.40 bits per heavy atom. The van der Waals surface area contributed by atoms with Crippen molar-refractivity contribution < 1.29 is 18.7 Å². The summed E-state index contributed by atoms with van der Waals surface area (Å²) in [5.74, 6) is -1.09. The van der Waals surface area contributed by atoms with Crippen LogP contribution in [0.4, 0.5) is 14.9 Å². The second-order valence-corrected chi connectivity index (χ2v) is 4.72.